The molecule has 0 aliphatic rings. The van der Waals surface area contributed by atoms with Crippen LogP contribution in [-0.4, -0.2) is 10.9 Å². The van der Waals surface area contributed by atoms with Crippen LogP contribution >= 0.6 is 46.1 Å². The number of hydrazine groups is 1. The maximum atomic E-state index is 12.1. The molecule has 0 aliphatic heterocycles. The number of rotatable bonds is 7. The summed E-state index contributed by atoms with van der Waals surface area (Å²) in [4.78, 5) is 16.6. The molecule has 1 heterocycles. The average molecular weight is 457 g/mol. The Kier molecular flexibility index (Phi) is 7.02. The van der Waals surface area contributed by atoms with E-state index in [0.29, 0.717) is 33.1 Å². The number of carbonyl (C=O) groups is 1. The van der Waals surface area contributed by atoms with Gasteiger partial charge in [0.2, 0.25) is 5.91 Å². The molecule has 2 N–H and O–H groups in total. The minimum absolute atomic E-state index is 0.108. The predicted octanol–water partition coefficient (Wildman–Crippen LogP) is 5.68. The van der Waals surface area contributed by atoms with Crippen LogP contribution in [0.2, 0.25) is 15.1 Å². The fourth-order valence-electron chi connectivity index (χ4n) is 2.28. The number of aryl methyl sites for hydroxylation is 1. The lowest BCUT2D eigenvalue weighted by molar-refractivity contribution is -0.120. The molecule has 0 saturated carbocycles. The number of halogens is 3. The summed E-state index contributed by atoms with van der Waals surface area (Å²) in [5, 5.41) is 3.65. The van der Waals surface area contributed by atoms with Crippen molar-refractivity contribution >= 4 is 57.7 Å². The van der Waals surface area contributed by atoms with Gasteiger partial charge in [-0.2, -0.15) is 0 Å². The first-order valence-electron chi connectivity index (χ1n) is 8.23. The Hall–Kier alpha value is -1.99. The molecule has 0 aliphatic carbocycles. The van der Waals surface area contributed by atoms with Gasteiger partial charge in [0, 0.05) is 10.4 Å². The number of carbonyl (C=O) groups excluding carboxylic acids is 1. The molecule has 1 amide bonds. The van der Waals surface area contributed by atoms with Crippen molar-refractivity contribution in [2.24, 2.45) is 0 Å². The molecule has 0 spiro atoms. The van der Waals surface area contributed by atoms with Gasteiger partial charge >= 0.3 is 0 Å². The number of nitrogens with zero attached hydrogens (tertiary/aromatic N) is 1. The second-order valence-electron chi connectivity index (χ2n) is 5.93. The van der Waals surface area contributed by atoms with Crippen LogP contribution in [0, 0.1) is 6.92 Å². The first-order chi connectivity index (χ1) is 13.4. The zero-order chi connectivity index (χ0) is 20.1. The summed E-state index contributed by atoms with van der Waals surface area (Å²) in [5.41, 5.74) is 7.47. The lowest BCUT2D eigenvalue weighted by Crippen LogP contribution is -2.31. The van der Waals surface area contributed by atoms with Crippen LogP contribution < -0.4 is 15.6 Å². The van der Waals surface area contributed by atoms with E-state index in [-0.39, 0.29) is 12.3 Å². The van der Waals surface area contributed by atoms with Gasteiger partial charge in [0.15, 0.2) is 0 Å². The van der Waals surface area contributed by atoms with E-state index in [2.05, 4.69) is 15.8 Å². The number of benzene rings is 2. The highest BCUT2D eigenvalue weighted by molar-refractivity contribution is 7.09. The van der Waals surface area contributed by atoms with Crippen molar-refractivity contribution in [2.75, 3.05) is 5.43 Å². The zero-order valence-electron chi connectivity index (χ0n) is 14.8. The number of ether oxygens (including phenoxy) is 1. The number of nitrogens with one attached hydrogen (secondary N) is 2. The van der Waals surface area contributed by atoms with E-state index in [1.165, 1.54) is 29.0 Å². The Bertz CT molecular complexity index is 954. The van der Waals surface area contributed by atoms with Gasteiger partial charge in [0.1, 0.15) is 17.4 Å². The summed E-state index contributed by atoms with van der Waals surface area (Å²) in [6.45, 7) is 2.37. The predicted molar refractivity (Wildman–Crippen MR) is 115 cm³/mol. The maximum absolute atomic E-state index is 12.1. The highest BCUT2D eigenvalue weighted by atomic mass is 35.5. The monoisotopic (exact) mass is 455 g/mol. The van der Waals surface area contributed by atoms with E-state index in [1.807, 2.05) is 36.6 Å². The molecule has 0 unspecified atom stereocenters. The van der Waals surface area contributed by atoms with Gasteiger partial charge in [-0.3, -0.25) is 15.6 Å². The second-order valence-corrected chi connectivity index (χ2v) is 8.12. The summed E-state index contributed by atoms with van der Waals surface area (Å²) in [6.07, 6.45) is 0.108. The normalized spacial score (nSPS) is 10.6. The molecule has 2 aromatic carbocycles. The van der Waals surface area contributed by atoms with Crippen LogP contribution in [0.3, 0.4) is 0 Å². The van der Waals surface area contributed by atoms with Crippen molar-refractivity contribution in [3.8, 4) is 5.75 Å². The minimum Gasteiger partial charge on any atom is -0.486 e. The maximum Gasteiger partial charge on any atom is 0.244 e. The van der Waals surface area contributed by atoms with Crippen molar-refractivity contribution in [1.82, 2.24) is 10.4 Å². The molecule has 9 heteroatoms. The van der Waals surface area contributed by atoms with Crippen LogP contribution in [-0.2, 0) is 17.8 Å². The van der Waals surface area contributed by atoms with Gasteiger partial charge in [-0.25, -0.2) is 4.98 Å². The molecule has 146 valence electrons. The van der Waals surface area contributed by atoms with E-state index < -0.39 is 0 Å². The minimum atomic E-state index is -0.279. The third-order valence-electron chi connectivity index (χ3n) is 3.66. The summed E-state index contributed by atoms with van der Waals surface area (Å²) in [7, 11) is 0. The highest BCUT2D eigenvalue weighted by Crippen LogP contribution is 2.33. The standard InChI is InChI=1S/C19H16Cl3N3O2S/c1-11-2-4-14(5-3-11)27-9-18-23-13(10-28-18)8-17(26)24-25-19-15(21)6-12(20)7-16(19)22/h2-7,10,25H,8-9H2,1H3,(H,24,26). The molecule has 0 saturated heterocycles. The lowest BCUT2D eigenvalue weighted by atomic mass is 10.2. The first-order valence-corrected chi connectivity index (χ1v) is 10.2. The van der Waals surface area contributed by atoms with Gasteiger partial charge in [0.05, 0.1) is 27.8 Å². The van der Waals surface area contributed by atoms with Gasteiger partial charge in [-0.05, 0) is 31.2 Å². The number of hydrogen-bond donors (Lipinski definition) is 2. The third kappa shape index (κ3) is 5.75. The quantitative estimate of drug-likeness (QED) is 0.449. The molecule has 0 fully saturated rings. The van der Waals surface area contributed by atoms with Crippen molar-refractivity contribution in [3.05, 3.63) is 73.1 Å². The Labute approximate surface area is 181 Å². The highest BCUT2D eigenvalue weighted by Gasteiger charge is 2.11. The topological polar surface area (TPSA) is 63.2 Å². The van der Waals surface area contributed by atoms with Crippen LogP contribution in [0.25, 0.3) is 0 Å². The van der Waals surface area contributed by atoms with Crippen LogP contribution in [0.4, 0.5) is 5.69 Å². The fourth-order valence-corrected chi connectivity index (χ4v) is 3.90. The molecular formula is C19H16Cl3N3O2S. The zero-order valence-corrected chi connectivity index (χ0v) is 17.8. The van der Waals surface area contributed by atoms with Gasteiger partial charge < -0.3 is 4.74 Å². The molecule has 5 nitrogen and oxygen atoms in total. The summed E-state index contributed by atoms with van der Waals surface area (Å²) in [5.74, 6) is 0.499. The Morgan fingerprint density at radius 2 is 1.82 bits per heavy atom. The van der Waals surface area contributed by atoms with Gasteiger partial charge in [-0.15, -0.1) is 11.3 Å². The largest absolute Gasteiger partial charge is 0.486 e. The Morgan fingerprint density at radius 3 is 2.50 bits per heavy atom. The number of aromatic nitrogens is 1. The Morgan fingerprint density at radius 1 is 1.14 bits per heavy atom. The smallest absolute Gasteiger partial charge is 0.244 e. The Balaban J connectivity index is 1.50. The van der Waals surface area contributed by atoms with Crippen LogP contribution in [0.5, 0.6) is 5.75 Å². The van der Waals surface area contributed by atoms with Crippen molar-refractivity contribution in [2.45, 2.75) is 20.0 Å². The van der Waals surface area contributed by atoms with E-state index in [0.717, 1.165) is 10.8 Å². The molecule has 0 bridgehead atoms. The molecule has 1 aromatic heterocycles. The van der Waals surface area contributed by atoms with Gasteiger partial charge in [0.25, 0.3) is 0 Å². The number of thiazole rings is 1. The number of amides is 1. The van der Waals surface area contributed by atoms with Crippen molar-refractivity contribution < 1.29 is 9.53 Å². The second kappa shape index (κ2) is 9.47. The summed E-state index contributed by atoms with van der Waals surface area (Å²) in [6, 6.07) is 10.9. The molecule has 0 atom stereocenters. The van der Waals surface area contributed by atoms with Crippen molar-refractivity contribution in [1.29, 1.82) is 0 Å². The lowest BCUT2D eigenvalue weighted by Gasteiger charge is -2.11. The number of anilines is 1. The van der Waals surface area contributed by atoms with E-state index >= 15 is 0 Å². The molecular weight excluding hydrogens is 441 g/mol. The summed E-state index contributed by atoms with van der Waals surface area (Å²) < 4.78 is 5.70. The molecule has 28 heavy (non-hydrogen) atoms. The summed E-state index contributed by atoms with van der Waals surface area (Å²) >= 11 is 19.4. The third-order valence-corrected chi connectivity index (χ3v) is 5.34. The fraction of sp³-hybridized carbons (Fsp3) is 0.158. The first kappa shape index (κ1) is 20.7. The van der Waals surface area contributed by atoms with Crippen LogP contribution in [0.1, 0.15) is 16.3 Å². The molecule has 0 radical (unpaired) electrons. The van der Waals surface area contributed by atoms with E-state index in [4.69, 9.17) is 39.5 Å². The number of hydrogen-bond acceptors (Lipinski definition) is 5. The van der Waals surface area contributed by atoms with E-state index in [1.54, 1.807) is 0 Å². The molecule has 3 rings (SSSR count). The van der Waals surface area contributed by atoms with E-state index in [9.17, 15) is 4.79 Å². The molecule has 3 aromatic rings. The SMILES string of the molecule is Cc1ccc(OCc2nc(CC(=O)NNc3c(Cl)cc(Cl)cc3Cl)cs2)cc1. The van der Waals surface area contributed by atoms with Crippen LogP contribution in [0.15, 0.2) is 41.8 Å². The average Bonchev–Trinajstić information content (AvgIpc) is 3.07. The van der Waals surface area contributed by atoms with Crippen molar-refractivity contribution in [3.63, 3.8) is 0 Å². The van der Waals surface area contributed by atoms with Gasteiger partial charge in [-0.1, -0.05) is 52.5 Å².